The molecule has 0 radical (unpaired) electrons. The molecule has 0 amide bonds. The molecule has 1 N–H and O–H groups in total. The van der Waals surface area contributed by atoms with Crippen LogP contribution in [0.4, 0.5) is 0 Å². The number of nitrogens with one attached hydrogen (secondary N) is 1. The molecule has 0 atom stereocenters. The van der Waals surface area contributed by atoms with Crippen LogP contribution >= 0.6 is 23.2 Å². The molecule has 1 aromatic carbocycles. The van der Waals surface area contributed by atoms with Crippen LogP contribution in [0, 0.1) is 0 Å². The number of nitrogens with zero attached hydrogens (tertiary/aromatic N) is 1. The molecule has 0 fully saturated rings. The second kappa shape index (κ2) is 6.75. The van der Waals surface area contributed by atoms with Crippen LogP contribution in [0.3, 0.4) is 0 Å². The minimum atomic E-state index is 0.404. The van der Waals surface area contributed by atoms with Gasteiger partial charge in [-0.3, -0.25) is 4.98 Å². The molecule has 1 heterocycles. The first-order valence-corrected chi connectivity index (χ1v) is 6.73. The number of ether oxygens (including phenoxy) is 1. The van der Waals surface area contributed by atoms with Crippen LogP contribution in [-0.2, 0) is 6.54 Å². The van der Waals surface area contributed by atoms with E-state index in [1.165, 1.54) is 0 Å². The molecule has 3 nitrogen and oxygen atoms in total. The highest BCUT2D eigenvalue weighted by molar-refractivity contribution is 6.42. The van der Waals surface area contributed by atoms with E-state index in [0.717, 1.165) is 18.7 Å². The molecule has 2 aromatic rings. The van der Waals surface area contributed by atoms with Crippen molar-refractivity contribution in [3.8, 4) is 11.5 Å². The average molecular weight is 297 g/mol. The van der Waals surface area contributed by atoms with Crippen molar-refractivity contribution in [1.82, 2.24) is 10.3 Å². The Bertz CT molecular complexity index is 561. The van der Waals surface area contributed by atoms with Gasteiger partial charge in [0.1, 0.15) is 16.5 Å². The van der Waals surface area contributed by atoms with E-state index in [4.69, 9.17) is 27.9 Å². The van der Waals surface area contributed by atoms with Crippen LogP contribution in [-0.4, -0.2) is 11.5 Å². The first kappa shape index (κ1) is 14.1. The van der Waals surface area contributed by atoms with E-state index in [9.17, 15) is 0 Å². The molecule has 1 aromatic heterocycles. The third-order valence-corrected chi connectivity index (χ3v) is 3.29. The number of benzene rings is 1. The summed E-state index contributed by atoms with van der Waals surface area (Å²) in [5.74, 6) is 1.16. The minimum absolute atomic E-state index is 0.404. The number of rotatable bonds is 5. The van der Waals surface area contributed by atoms with Gasteiger partial charge < -0.3 is 10.1 Å². The normalized spacial score (nSPS) is 10.5. The van der Waals surface area contributed by atoms with Crippen LogP contribution in [0.2, 0.25) is 10.0 Å². The summed E-state index contributed by atoms with van der Waals surface area (Å²) >= 11 is 12.0. The molecular formula is C14H14Cl2N2O. The van der Waals surface area contributed by atoms with Crippen molar-refractivity contribution in [1.29, 1.82) is 0 Å². The van der Waals surface area contributed by atoms with Crippen molar-refractivity contribution in [3.63, 3.8) is 0 Å². The summed E-state index contributed by atoms with van der Waals surface area (Å²) in [6, 6.07) is 7.20. The van der Waals surface area contributed by atoms with Gasteiger partial charge in [-0.1, -0.05) is 36.2 Å². The van der Waals surface area contributed by atoms with Gasteiger partial charge >= 0.3 is 0 Å². The molecule has 0 aliphatic heterocycles. The van der Waals surface area contributed by atoms with Gasteiger partial charge in [0.2, 0.25) is 0 Å². The molecule has 100 valence electrons. The first-order valence-electron chi connectivity index (χ1n) is 5.97. The van der Waals surface area contributed by atoms with Gasteiger partial charge in [-0.2, -0.15) is 0 Å². The lowest BCUT2D eigenvalue weighted by atomic mass is 10.2. The number of hydrogen-bond donors (Lipinski definition) is 1. The van der Waals surface area contributed by atoms with Crippen molar-refractivity contribution in [2.24, 2.45) is 0 Å². The quantitative estimate of drug-likeness (QED) is 0.894. The molecule has 0 saturated heterocycles. The van der Waals surface area contributed by atoms with Crippen LogP contribution < -0.4 is 10.1 Å². The lowest BCUT2D eigenvalue weighted by Crippen LogP contribution is -2.11. The summed E-state index contributed by atoms with van der Waals surface area (Å²) in [5.41, 5.74) is 1.05. The predicted molar refractivity (Wildman–Crippen MR) is 78.2 cm³/mol. The second-order valence-corrected chi connectivity index (χ2v) is 4.75. The predicted octanol–water partition coefficient (Wildman–Crippen LogP) is 4.29. The highest BCUT2D eigenvalue weighted by Gasteiger charge is 2.07. The average Bonchev–Trinajstić information content (AvgIpc) is 2.42. The Balaban J connectivity index is 2.16. The number of halogens is 2. The number of pyridine rings is 1. The Morgan fingerprint density at radius 2 is 2.11 bits per heavy atom. The monoisotopic (exact) mass is 296 g/mol. The van der Waals surface area contributed by atoms with E-state index in [0.29, 0.717) is 21.5 Å². The van der Waals surface area contributed by atoms with Gasteiger partial charge in [0, 0.05) is 12.7 Å². The summed E-state index contributed by atoms with van der Waals surface area (Å²) in [7, 11) is 0. The summed E-state index contributed by atoms with van der Waals surface area (Å²) < 4.78 is 5.70. The smallest absolute Gasteiger partial charge is 0.147 e. The maximum Gasteiger partial charge on any atom is 0.147 e. The van der Waals surface area contributed by atoms with Gasteiger partial charge in [-0.05, 0) is 30.3 Å². The van der Waals surface area contributed by atoms with E-state index >= 15 is 0 Å². The standard InChI is InChI=1S/C14H14Cl2N2O/c1-2-17-7-10-6-11(9-18-8-10)19-13-5-3-4-12(15)14(13)16/h3-6,8-9,17H,2,7H2,1H3. The Kier molecular flexibility index (Phi) is 5.02. The van der Waals surface area contributed by atoms with Gasteiger partial charge in [0.05, 0.1) is 11.2 Å². The van der Waals surface area contributed by atoms with Crippen LogP contribution in [0.5, 0.6) is 11.5 Å². The van der Waals surface area contributed by atoms with Crippen LogP contribution in [0.15, 0.2) is 36.7 Å². The maximum absolute atomic E-state index is 6.08. The van der Waals surface area contributed by atoms with Gasteiger partial charge in [-0.25, -0.2) is 0 Å². The van der Waals surface area contributed by atoms with Gasteiger partial charge in [-0.15, -0.1) is 0 Å². The maximum atomic E-state index is 6.08. The third-order valence-electron chi connectivity index (χ3n) is 2.49. The van der Waals surface area contributed by atoms with Gasteiger partial charge in [0.25, 0.3) is 0 Å². The number of hydrogen-bond acceptors (Lipinski definition) is 3. The Morgan fingerprint density at radius 1 is 1.26 bits per heavy atom. The molecule has 0 unspecified atom stereocenters. The van der Waals surface area contributed by atoms with Gasteiger partial charge in [0.15, 0.2) is 0 Å². The zero-order chi connectivity index (χ0) is 13.7. The van der Waals surface area contributed by atoms with Crippen LogP contribution in [0.25, 0.3) is 0 Å². The zero-order valence-corrected chi connectivity index (χ0v) is 12.0. The summed E-state index contributed by atoms with van der Waals surface area (Å²) in [5, 5.41) is 4.11. The van der Waals surface area contributed by atoms with Crippen molar-refractivity contribution in [3.05, 3.63) is 52.3 Å². The second-order valence-electron chi connectivity index (χ2n) is 3.96. The van der Waals surface area contributed by atoms with E-state index in [-0.39, 0.29) is 0 Å². The lowest BCUT2D eigenvalue weighted by molar-refractivity contribution is 0.479. The Morgan fingerprint density at radius 3 is 2.89 bits per heavy atom. The summed E-state index contributed by atoms with van der Waals surface area (Å²) in [4.78, 5) is 4.14. The molecule has 0 bridgehead atoms. The van der Waals surface area contributed by atoms with Crippen LogP contribution in [0.1, 0.15) is 12.5 Å². The molecule has 0 aliphatic carbocycles. The summed E-state index contributed by atoms with van der Waals surface area (Å²) in [6.45, 7) is 3.72. The molecule has 0 aliphatic rings. The van der Waals surface area contributed by atoms with Crippen molar-refractivity contribution < 1.29 is 4.74 Å². The number of aromatic nitrogens is 1. The topological polar surface area (TPSA) is 34.2 Å². The molecule has 5 heteroatoms. The SMILES string of the molecule is CCNCc1cncc(Oc2cccc(Cl)c2Cl)c1. The Hall–Kier alpha value is -1.29. The molecular weight excluding hydrogens is 283 g/mol. The first-order chi connectivity index (χ1) is 9.20. The molecule has 19 heavy (non-hydrogen) atoms. The van der Waals surface area contributed by atoms with Crippen molar-refractivity contribution in [2.75, 3.05) is 6.54 Å². The van der Waals surface area contributed by atoms with E-state index in [1.807, 2.05) is 6.07 Å². The van der Waals surface area contributed by atoms with Crippen molar-refractivity contribution >= 4 is 23.2 Å². The molecule has 0 saturated carbocycles. The fourth-order valence-electron chi connectivity index (χ4n) is 1.58. The third kappa shape index (κ3) is 3.83. The van der Waals surface area contributed by atoms with E-state index in [1.54, 1.807) is 30.6 Å². The Labute approximate surface area is 122 Å². The highest BCUT2D eigenvalue weighted by Crippen LogP contribution is 2.34. The zero-order valence-electron chi connectivity index (χ0n) is 10.5. The van der Waals surface area contributed by atoms with E-state index < -0.39 is 0 Å². The van der Waals surface area contributed by atoms with E-state index in [2.05, 4.69) is 17.2 Å². The largest absolute Gasteiger partial charge is 0.454 e. The fourth-order valence-corrected chi connectivity index (χ4v) is 1.91. The van der Waals surface area contributed by atoms with Crippen molar-refractivity contribution in [2.45, 2.75) is 13.5 Å². The highest BCUT2D eigenvalue weighted by atomic mass is 35.5. The molecule has 2 rings (SSSR count). The molecule has 0 spiro atoms. The fraction of sp³-hybridized carbons (Fsp3) is 0.214. The minimum Gasteiger partial charge on any atom is -0.454 e. The lowest BCUT2D eigenvalue weighted by Gasteiger charge is -2.09. The summed E-state index contributed by atoms with van der Waals surface area (Å²) in [6.07, 6.45) is 3.45.